The van der Waals surface area contributed by atoms with Crippen molar-refractivity contribution in [3.63, 3.8) is 0 Å². The van der Waals surface area contributed by atoms with Crippen molar-refractivity contribution < 1.29 is 0 Å². The van der Waals surface area contributed by atoms with Gasteiger partial charge in [-0.15, -0.1) is 0 Å². The predicted octanol–water partition coefficient (Wildman–Crippen LogP) is -0.0596. The van der Waals surface area contributed by atoms with Gasteiger partial charge in [-0.25, -0.2) is 0 Å². The SMILES string of the molecule is CN(C)Cc1c(CN)cnn1C. The maximum atomic E-state index is 5.57. The molecule has 1 aromatic rings. The van der Waals surface area contributed by atoms with E-state index in [4.69, 9.17) is 5.73 Å². The van der Waals surface area contributed by atoms with Crippen molar-refractivity contribution in [1.82, 2.24) is 14.7 Å². The number of nitrogens with zero attached hydrogens (tertiary/aromatic N) is 3. The maximum absolute atomic E-state index is 5.57. The molecule has 0 aromatic carbocycles. The molecule has 0 aliphatic carbocycles. The van der Waals surface area contributed by atoms with E-state index in [1.54, 1.807) is 0 Å². The van der Waals surface area contributed by atoms with E-state index in [1.807, 2.05) is 32.0 Å². The standard InChI is InChI=1S/C8H16N4/c1-11(2)6-8-7(4-9)5-10-12(8)3/h5H,4,6,9H2,1-3H3. The molecule has 0 aliphatic rings. The zero-order valence-corrected chi connectivity index (χ0v) is 7.91. The Hall–Kier alpha value is -0.870. The lowest BCUT2D eigenvalue weighted by Crippen LogP contribution is -2.16. The summed E-state index contributed by atoms with van der Waals surface area (Å²) in [6.07, 6.45) is 1.83. The minimum Gasteiger partial charge on any atom is -0.326 e. The lowest BCUT2D eigenvalue weighted by molar-refractivity contribution is 0.386. The molecule has 1 heterocycles. The Balaban J connectivity index is 2.86. The van der Waals surface area contributed by atoms with Crippen molar-refractivity contribution >= 4 is 0 Å². The largest absolute Gasteiger partial charge is 0.326 e. The first kappa shape index (κ1) is 9.22. The monoisotopic (exact) mass is 168 g/mol. The van der Waals surface area contributed by atoms with Gasteiger partial charge in [0.25, 0.3) is 0 Å². The van der Waals surface area contributed by atoms with Gasteiger partial charge >= 0.3 is 0 Å². The summed E-state index contributed by atoms with van der Waals surface area (Å²) in [5, 5.41) is 4.15. The first-order chi connectivity index (χ1) is 5.65. The van der Waals surface area contributed by atoms with Crippen molar-refractivity contribution in [1.29, 1.82) is 0 Å². The number of aromatic nitrogens is 2. The van der Waals surface area contributed by atoms with E-state index < -0.39 is 0 Å². The summed E-state index contributed by atoms with van der Waals surface area (Å²) in [6.45, 7) is 1.46. The van der Waals surface area contributed by atoms with Crippen molar-refractivity contribution in [3.05, 3.63) is 17.5 Å². The highest BCUT2D eigenvalue weighted by atomic mass is 15.3. The minimum atomic E-state index is 0.566. The number of nitrogens with two attached hydrogens (primary N) is 1. The summed E-state index contributed by atoms with van der Waals surface area (Å²) in [7, 11) is 6.01. The van der Waals surface area contributed by atoms with Gasteiger partial charge in [0, 0.05) is 25.7 Å². The van der Waals surface area contributed by atoms with Gasteiger partial charge in [-0.05, 0) is 14.1 Å². The molecule has 0 amide bonds. The van der Waals surface area contributed by atoms with Gasteiger partial charge in [0.05, 0.1) is 11.9 Å². The Morgan fingerprint density at radius 3 is 2.75 bits per heavy atom. The fraction of sp³-hybridized carbons (Fsp3) is 0.625. The molecule has 0 radical (unpaired) electrons. The van der Waals surface area contributed by atoms with E-state index in [-0.39, 0.29) is 0 Å². The van der Waals surface area contributed by atoms with Gasteiger partial charge in [0.1, 0.15) is 0 Å². The quantitative estimate of drug-likeness (QED) is 0.688. The molecular formula is C8H16N4. The van der Waals surface area contributed by atoms with E-state index >= 15 is 0 Å². The Morgan fingerprint density at radius 2 is 2.25 bits per heavy atom. The second-order valence-corrected chi connectivity index (χ2v) is 3.18. The molecule has 2 N–H and O–H groups in total. The number of rotatable bonds is 3. The summed E-state index contributed by atoms with van der Waals surface area (Å²) in [5.74, 6) is 0. The molecule has 0 spiro atoms. The Kier molecular flexibility index (Phi) is 2.83. The van der Waals surface area contributed by atoms with Crippen LogP contribution in [-0.4, -0.2) is 28.8 Å². The topological polar surface area (TPSA) is 47.1 Å². The van der Waals surface area contributed by atoms with Crippen LogP contribution in [0.25, 0.3) is 0 Å². The second kappa shape index (κ2) is 3.69. The van der Waals surface area contributed by atoms with E-state index in [1.165, 1.54) is 5.69 Å². The summed E-state index contributed by atoms with van der Waals surface area (Å²) in [4.78, 5) is 2.11. The molecule has 1 rings (SSSR count). The molecule has 12 heavy (non-hydrogen) atoms. The van der Waals surface area contributed by atoms with Gasteiger partial charge in [0.2, 0.25) is 0 Å². The molecule has 4 nitrogen and oxygen atoms in total. The third-order valence-corrected chi connectivity index (χ3v) is 1.83. The van der Waals surface area contributed by atoms with Crippen LogP contribution < -0.4 is 5.73 Å². The van der Waals surface area contributed by atoms with Crippen LogP contribution in [0.3, 0.4) is 0 Å². The molecule has 0 unspecified atom stereocenters. The predicted molar refractivity (Wildman–Crippen MR) is 48.5 cm³/mol. The normalized spacial score (nSPS) is 11.1. The minimum absolute atomic E-state index is 0.566. The lowest BCUT2D eigenvalue weighted by atomic mass is 10.2. The van der Waals surface area contributed by atoms with Crippen molar-refractivity contribution in [3.8, 4) is 0 Å². The van der Waals surface area contributed by atoms with Crippen molar-refractivity contribution in [2.75, 3.05) is 14.1 Å². The molecule has 0 bridgehead atoms. The number of hydrogen-bond donors (Lipinski definition) is 1. The summed E-state index contributed by atoms with van der Waals surface area (Å²) >= 11 is 0. The van der Waals surface area contributed by atoms with Crippen molar-refractivity contribution in [2.24, 2.45) is 12.8 Å². The average Bonchev–Trinajstić information content (AvgIpc) is 2.32. The first-order valence-corrected chi connectivity index (χ1v) is 3.99. The van der Waals surface area contributed by atoms with Crippen LogP contribution in [0.2, 0.25) is 0 Å². The van der Waals surface area contributed by atoms with Crippen LogP contribution in [0.15, 0.2) is 6.20 Å². The van der Waals surface area contributed by atoms with Crippen LogP contribution in [0.4, 0.5) is 0 Å². The summed E-state index contributed by atoms with van der Waals surface area (Å²) in [5.41, 5.74) is 7.90. The van der Waals surface area contributed by atoms with E-state index in [0.717, 1.165) is 12.1 Å². The highest BCUT2D eigenvalue weighted by Gasteiger charge is 2.06. The molecule has 0 fully saturated rings. The number of hydrogen-bond acceptors (Lipinski definition) is 3. The van der Waals surface area contributed by atoms with Crippen LogP contribution in [0.1, 0.15) is 11.3 Å². The maximum Gasteiger partial charge on any atom is 0.0565 e. The van der Waals surface area contributed by atoms with Gasteiger partial charge in [-0.2, -0.15) is 5.10 Å². The van der Waals surface area contributed by atoms with Crippen LogP contribution in [0, 0.1) is 0 Å². The highest BCUT2D eigenvalue weighted by Crippen LogP contribution is 2.07. The third-order valence-electron chi connectivity index (χ3n) is 1.83. The Morgan fingerprint density at radius 1 is 1.58 bits per heavy atom. The summed E-state index contributed by atoms with van der Waals surface area (Å²) in [6, 6.07) is 0. The van der Waals surface area contributed by atoms with Crippen molar-refractivity contribution in [2.45, 2.75) is 13.1 Å². The van der Waals surface area contributed by atoms with Crippen LogP contribution in [0.5, 0.6) is 0 Å². The fourth-order valence-corrected chi connectivity index (χ4v) is 1.18. The molecule has 4 heteroatoms. The van der Waals surface area contributed by atoms with E-state index in [2.05, 4.69) is 10.00 Å². The zero-order valence-electron chi connectivity index (χ0n) is 7.91. The fourth-order valence-electron chi connectivity index (χ4n) is 1.18. The van der Waals surface area contributed by atoms with Gasteiger partial charge in [0.15, 0.2) is 0 Å². The molecule has 0 saturated carbocycles. The van der Waals surface area contributed by atoms with Crippen LogP contribution in [-0.2, 0) is 20.1 Å². The Labute approximate surface area is 73.0 Å². The lowest BCUT2D eigenvalue weighted by Gasteiger charge is -2.11. The molecule has 0 atom stereocenters. The molecule has 0 saturated heterocycles. The van der Waals surface area contributed by atoms with Gasteiger partial charge in [-0.3, -0.25) is 4.68 Å². The van der Waals surface area contributed by atoms with Gasteiger partial charge in [-0.1, -0.05) is 0 Å². The first-order valence-electron chi connectivity index (χ1n) is 3.99. The molecule has 68 valence electrons. The third kappa shape index (κ3) is 1.84. The molecular weight excluding hydrogens is 152 g/mol. The van der Waals surface area contributed by atoms with Crippen LogP contribution >= 0.6 is 0 Å². The average molecular weight is 168 g/mol. The second-order valence-electron chi connectivity index (χ2n) is 3.18. The van der Waals surface area contributed by atoms with E-state index in [0.29, 0.717) is 6.54 Å². The summed E-state index contributed by atoms with van der Waals surface area (Å²) < 4.78 is 1.88. The molecule has 1 aromatic heterocycles. The highest BCUT2D eigenvalue weighted by molar-refractivity contribution is 5.16. The van der Waals surface area contributed by atoms with Gasteiger partial charge < -0.3 is 10.6 Å². The number of aryl methyl sites for hydroxylation is 1. The Bertz CT molecular complexity index is 252. The smallest absolute Gasteiger partial charge is 0.0565 e. The molecule has 0 aliphatic heterocycles. The zero-order chi connectivity index (χ0) is 9.14. The van der Waals surface area contributed by atoms with E-state index in [9.17, 15) is 0 Å².